The number of esters is 1. The van der Waals surface area contributed by atoms with E-state index < -0.39 is 22.2 Å². The average Bonchev–Trinajstić information content (AvgIpc) is 2.71. The molecule has 0 atom stereocenters. The van der Waals surface area contributed by atoms with Crippen LogP contribution in [0.4, 0.5) is 36.3 Å². The molecule has 30 heavy (non-hydrogen) atoms. The molecule has 0 unspecified atom stereocenters. The molecule has 0 radical (unpaired) electrons. The van der Waals surface area contributed by atoms with E-state index in [1.807, 2.05) is 30.3 Å². The molecule has 0 fully saturated rings. The molecule has 3 aromatic rings. The summed E-state index contributed by atoms with van der Waals surface area (Å²) in [5.74, 6) is -0.363. The molecular weight excluding hydrogens is 465 g/mol. The number of benzene rings is 2. The summed E-state index contributed by atoms with van der Waals surface area (Å²) in [4.78, 5) is 20.4. The number of rotatable bonds is 5. The minimum atomic E-state index is -4.69. The van der Waals surface area contributed by atoms with Crippen LogP contribution in [-0.4, -0.2) is 23.0 Å². The molecule has 0 aliphatic heterocycles. The van der Waals surface area contributed by atoms with Crippen molar-refractivity contribution in [3.8, 4) is 0 Å². The van der Waals surface area contributed by atoms with E-state index in [0.29, 0.717) is 5.82 Å². The Bertz CT molecular complexity index is 1080. The Morgan fingerprint density at radius 2 is 1.80 bits per heavy atom. The van der Waals surface area contributed by atoms with Crippen molar-refractivity contribution in [1.82, 2.24) is 9.97 Å². The van der Waals surface area contributed by atoms with Crippen LogP contribution >= 0.6 is 15.9 Å². The van der Waals surface area contributed by atoms with Crippen LogP contribution in [0.25, 0.3) is 0 Å². The van der Waals surface area contributed by atoms with Crippen LogP contribution in [0.5, 0.6) is 0 Å². The zero-order valence-corrected chi connectivity index (χ0v) is 17.4. The number of aryl methyl sites for hydroxylation is 1. The van der Waals surface area contributed by atoms with E-state index in [9.17, 15) is 18.0 Å². The second-order valence-corrected chi connectivity index (χ2v) is 7.01. The lowest BCUT2D eigenvalue weighted by Crippen LogP contribution is -2.12. The van der Waals surface area contributed by atoms with E-state index >= 15 is 0 Å². The molecular formula is C20H16BrF3N4O2. The fourth-order valence-corrected chi connectivity index (χ4v) is 3.19. The van der Waals surface area contributed by atoms with Crippen molar-refractivity contribution in [2.45, 2.75) is 13.1 Å². The zero-order valence-electron chi connectivity index (χ0n) is 15.8. The summed E-state index contributed by atoms with van der Waals surface area (Å²) in [5, 5.41) is 5.85. The van der Waals surface area contributed by atoms with Gasteiger partial charge in [0.15, 0.2) is 0 Å². The first-order valence-electron chi connectivity index (χ1n) is 8.61. The minimum Gasteiger partial charge on any atom is -0.465 e. The van der Waals surface area contributed by atoms with E-state index in [1.54, 1.807) is 6.92 Å². The summed E-state index contributed by atoms with van der Waals surface area (Å²) in [6.07, 6.45) is -3.15. The van der Waals surface area contributed by atoms with Crippen LogP contribution in [0.1, 0.15) is 21.5 Å². The summed E-state index contributed by atoms with van der Waals surface area (Å²) in [7, 11) is 1.09. The van der Waals surface area contributed by atoms with Gasteiger partial charge in [0.1, 0.15) is 5.82 Å². The third kappa shape index (κ3) is 4.88. The van der Waals surface area contributed by atoms with Gasteiger partial charge in [0.2, 0.25) is 5.95 Å². The monoisotopic (exact) mass is 480 g/mol. The lowest BCUT2D eigenvalue weighted by molar-refractivity contribution is -0.138. The highest BCUT2D eigenvalue weighted by Crippen LogP contribution is 2.39. The SMILES string of the molecule is COC(=O)c1cc(Nc2ncc(C)c(Nc3ccccc3)n2)cc(C(F)(F)F)c1Br. The van der Waals surface area contributed by atoms with E-state index in [0.717, 1.165) is 24.4 Å². The van der Waals surface area contributed by atoms with Gasteiger partial charge < -0.3 is 15.4 Å². The third-order valence-corrected chi connectivity index (χ3v) is 4.90. The number of para-hydroxylation sites is 1. The summed E-state index contributed by atoms with van der Waals surface area (Å²) < 4.78 is 44.5. The number of alkyl halides is 3. The van der Waals surface area contributed by atoms with E-state index in [1.165, 1.54) is 12.3 Å². The smallest absolute Gasteiger partial charge is 0.417 e. The highest BCUT2D eigenvalue weighted by Gasteiger charge is 2.35. The molecule has 0 amide bonds. The molecule has 156 valence electrons. The largest absolute Gasteiger partial charge is 0.465 e. The molecule has 2 aromatic carbocycles. The lowest BCUT2D eigenvalue weighted by atomic mass is 10.1. The lowest BCUT2D eigenvalue weighted by Gasteiger charge is -2.16. The molecule has 0 spiro atoms. The van der Waals surface area contributed by atoms with Gasteiger partial charge in [0.05, 0.1) is 18.2 Å². The van der Waals surface area contributed by atoms with Crippen molar-refractivity contribution in [3.05, 3.63) is 69.8 Å². The Morgan fingerprint density at radius 1 is 1.10 bits per heavy atom. The van der Waals surface area contributed by atoms with Gasteiger partial charge in [-0.25, -0.2) is 9.78 Å². The molecule has 1 aromatic heterocycles. The number of nitrogens with one attached hydrogen (secondary N) is 2. The number of ether oxygens (including phenoxy) is 1. The van der Waals surface area contributed by atoms with Crippen LogP contribution < -0.4 is 10.6 Å². The minimum absolute atomic E-state index is 0.0135. The van der Waals surface area contributed by atoms with Crippen LogP contribution in [0.15, 0.2) is 53.1 Å². The molecule has 0 aliphatic rings. The second kappa shape index (κ2) is 8.70. The van der Waals surface area contributed by atoms with Gasteiger partial charge in [0, 0.05) is 27.6 Å². The summed E-state index contributed by atoms with van der Waals surface area (Å²) >= 11 is 2.85. The van der Waals surface area contributed by atoms with E-state index in [-0.39, 0.29) is 17.2 Å². The Kier molecular flexibility index (Phi) is 6.25. The Hall–Kier alpha value is -3.14. The van der Waals surface area contributed by atoms with Crippen LogP contribution in [0.2, 0.25) is 0 Å². The second-order valence-electron chi connectivity index (χ2n) is 6.22. The highest BCUT2D eigenvalue weighted by atomic mass is 79.9. The van der Waals surface area contributed by atoms with Crippen molar-refractivity contribution in [1.29, 1.82) is 0 Å². The van der Waals surface area contributed by atoms with E-state index in [4.69, 9.17) is 0 Å². The molecule has 0 saturated heterocycles. The van der Waals surface area contributed by atoms with Crippen LogP contribution in [0, 0.1) is 6.92 Å². The van der Waals surface area contributed by atoms with Crippen LogP contribution in [-0.2, 0) is 10.9 Å². The topological polar surface area (TPSA) is 76.1 Å². The quantitative estimate of drug-likeness (QED) is 0.446. The number of hydrogen-bond donors (Lipinski definition) is 2. The maximum atomic E-state index is 13.4. The van der Waals surface area contributed by atoms with Gasteiger partial charge in [-0.15, -0.1) is 0 Å². The molecule has 0 bridgehead atoms. The number of carbonyl (C=O) groups is 1. The van der Waals surface area contributed by atoms with Crippen molar-refractivity contribution in [2.24, 2.45) is 0 Å². The van der Waals surface area contributed by atoms with E-state index in [2.05, 4.69) is 41.3 Å². The summed E-state index contributed by atoms with van der Waals surface area (Å²) in [6, 6.07) is 11.4. The van der Waals surface area contributed by atoms with Gasteiger partial charge in [-0.1, -0.05) is 18.2 Å². The van der Waals surface area contributed by atoms with Gasteiger partial charge in [-0.2, -0.15) is 18.2 Å². The maximum absolute atomic E-state index is 13.4. The number of anilines is 4. The van der Waals surface area contributed by atoms with Crippen molar-refractivity contribution >= 4 is 45.0 Å². The molecule has 0 aliphatic carbocycles. The number of methoxy groups -OCH3 is 1. The van der Waals surface area contributed by atoms with Gasteiger partial charge >= 0.3 is 12.1 Å². The Labute approximate surface area is 178 Å². The summed E-state index contributed by atoms with van der Waals surface area (Å²) in [6.45, 7) is 1.80. The van der Waals surface area contributed by atoms with Crippen molar-refractivity contribution in [2.75, 3.05) is 17.7 Å². The number of hydrogen-bond acceptors (Lipinski definition) is 6. The summed E-state index contributed by atoms with van der Waals surface area (Å²) in [5.41, 5.74) is 0.223. The number of halogens is 4. The van der Waals surface area contributed by atoms with Crippen LogP contribution in [0.3, 0.4) is 0 Å². The fraction of sp³-hybridized carbons (Fsp3) is 0.150. The molecule has 6 nitrogen and oxygen atoms in total. The average molecular weight is 481 g/mol. The molecule has 1 heterocycles. The Morgan fingerprint density at radius 3 is 2.43 bits per heavy atom. The first kappa shape index (κ1) is 21.6. The standard InChI is InChI=1S/C20H16BrF3N4O2/c1-11-10-25-19(28-17(11)26-12-6-4-3-5-7-12)27-13-8-14(18(29)30-2)16(21)15(9-13)20(22,23)24/h3-10H,1-2H3,(H2,25,26,27,28). The predicted molar refractivity (Wildman–Crippen MR) is 110 cm³/mol. The first-order chi connectivity index (χ1) is 14.2. The van der Waals surface area contributed by atoms with Crippen molar-refractivity contribution < 1.29 is 22.7 Å². The molecule has 2 N–H and O–H groups in total. The molecule has 3 rings (SSSR count). The fourth-order valence-electron chi connectivity index (χ4n) is 2.58. The highest BCUT2D eigenvalue weighted by molar-refractivity contribution is 9.10. The zero-order chi connectivity index (χ0) is 21.9. The number of aromatic nitrogens is 2. The van der Waals surface area contributed by atoms with Gasteiger partial charge in [-0.05, 0) is 47.1 Å². The normalized spacial score (nSPS) is 11.1. The van der Waals surface area contributed by atoms with Gasteiger partial charge in [-0.3, -0.25) is 0 Å². The maximum Gasteiger partial charge on any atom is 0.417 e. The number of carbonyl (C=O) groups excluding carboxylic acids is 1. The Balaban J connectivity index is 1.97. The van der Waals surface area contributed by atoms with Crippen molar-refractivity contribution in [3.63, 3.8) is 0 Å². The van der Waals surface area contributed by atoms with Gasteiger partial charge in [0.25, 0.3) is 0 Å². The molecule has 0 saturated carbocycles. The number of nitrogens with zero attached hydrogens (tertiary/aromatic N) is 2. The predicted octanol–water partition coefficient (Wildman–Crippen LogP) is 5.84. The first-order valence-corrected chi connectivity index (χ1v) is 9.40. The molecule has 10 heteroatoms. The third-order valence-electron chi connectivity index (χ3n) is 4.05.